The number of hydrogen-bond donors (Lipinski definition) is 1. The molecule has 0 aromatic carbocycles. The van der Waals surface area contributed by atoms with Crippen molar-refractivity contribution in [1.29, 1.82) is 0 Å². The lowest BCUT2D eigenvalue weighted by Crippen LogP contribution is -2.45. The van der Waals surface area contributed by atoms with Gasteiger partial charge in [-0.2, -0.15) is 13.2 Å². The maximum atomic E-state index is 12.6. The molecule has 1 aliphatic carbocycles. The Morgan fingerprint density at radius 1 is 1.29 bits per heavy atom. The van der Waals surface area contributed by atoms with Crippen LogP contribution < -0.4 is 0 Å². The van der Waals surface area contributed by atoms with E-state index in [-0.39, 0.29) is 37.8 Å². The van der Waals surface area contributed by atoms with Crippen LogP contribution in [0, 0.1) is 11.8 Å². The number of hydrogen-bond acceptors (Lipinski definition) is 2. The fraction of sp³-hybridized carbons (Fsp3) is 0.714. The van der Waals surface area contributed by atoms with E-state index in [0.29, 0.717) is 6.42 Å². The number of fused-ring (bicyclic) bond motifs is 1. The largest absolute Gasteiger partial charge is 0.391 e. The molecule has 1 aromatic rings. The number of imidazole rings is 1. The molecule has 4 nitrogen and oxygen atoms in total. The number of carbonyl (C=O) groups is 1. The number of alkyl halides is 3. The normalized spacial score (nSPS) is 24.0. The van der Waals surface area contributed by atoms with Crippen molar-refractivity contribution in [2.75, 3.05) is 13.1 Å². The van der Waals surface area contributed by atoms with Crippen molar-refractivity contribution >= 4 is 5.91 Å². The summed E-state index contributed by atoms with van der Waals surface area (Å²) in [5.41, 5.74) is 2.00. The van der Waals surface area contributed by atoms with Gasteiger partial charge < -0.3 is 9.88 Å². The summed E-state index contributed by atoms with van der Waals surface area (Å²) < 4.78 is 37.9. The van der Waals surface area contributed by atoms with Crippen LogP contribution in [0.25, 0.3) is 0 Å². The van der Waals surface area contributed by atoms with Gasteiger partial charge in [-0.25, -0.2) is 4.98 Å². The number of nitrogens with zero attached hydrogens (tertiary/aromatic N) is 2. The minimum absolute atomic E-state index is 0.00382. The lowest BCUT2D eigenvalue weighted by Gasteiger charge is -2.35. The topological polar surface area (TPSA) is 49.0 Å². The smallest absolute Gasteiger partial charge is 0.348 e. The van der Waals surface area contributed by atoms with Gasteiger partial charge in [-0.3, -0.25) is 4.79 Å². The number of likely N-dealkylation sites (tertiary alicyclic amines) is 1. The highest BCUT2D eigenvalue weighted by Gasteiger charge is 2.42. The molecule has 0 radical (unpaired) electrons. The van der Waals surface area contributed by atoms with E-state index in [9.17, 15) is 18.0 Å². The standard InChI is InChI=1S/C14H18F3N3O/c15-14(16,17)10-3-5-20(6-4-10)13(21)9-1-2-11-12(7-9)19-8-18-11/h8-10H,1-7H2,(H,18,19)/t9-/m0/s1. The molecule has 116 valence electrons. The van der Waals surface area contributed by atoms with E-state index in [1.807, 2.05) is 0 Å². The van der Waals surface area contributed by atoms with E-state index in [2.05, 4.69) is 9.97 Å². The highest BCUT2D eigenvalue weighted by Crippen LogP contribution is 2.35. The first-order valence-electron chi connectivity index (χ1n) is 7.32. The number of H-pyrrole nitrogens is 1. The summed E-state index contributed by atoms with van der Waals surface area (Å²) in [6, 6.07) is 0. The van der Waals surface area contributed by atoms with Gasteiger partial charge in [-0.15, -0.1) is 0 Å². The Balaban J connectivity index is 1.58. The summed E-state index contributed by atoms with van der Waals surface area (Å²) in [6.45, 7) is 0.435. The van der Waals surface area contributed by atoms with Crippen molar-refractivity contribution < 1.29 is 18.0 Å². The summed E-state index contributed by atoms with van der Waals surface area (Å²) in [5, 5.41) is 0. The van der Waals surface area contributed by atoms with Crippen molar-refractivity contribution in [2.24, 2.45) is 11.8 Å². The zero-order valence-corrected chi connectivity index (χ0v) is 11.6. The average Bonchev–Trinajstić information content (AvgIpc) is 2.93. The van der Waals surface area contributed by atoms with Crippen LogP contribution in [-0.4, -0.2) is 40.0 Å². The van der Waals surface area contributed by atoms with Crippen molar-refractivity contribution in [2.45, 2.75) is 38.3 Å². The second kappa shape index (κ2) is 5.35. The predicted octanol–water partition coefficient (Wildman–Crippen LogP) is 2.32. The maximum Gasteiger partial charge on any atom is 0.391 e. The van der Waals surface area contributed by atoms with Gasteiger partial charge in [0.15, 0.2) is 0 Å². The van der Waals surface area contributed by atoms with Gasteiger partial charge in [0.1, 0.15) is 0 Å². The van der Waals surface area contributed by atoms with Crippen molar-refractivity contribution in [3.8, 4) is 0 Å². The number of halogens is 3. The summed E-state index contributed by atoms with van der Waals surface area (Å²) in [4.78, 5) is 21.3. The molecule has 1 atom stereocenters. The Bertz CT molecular complexity index is 518. The third-order valence-corrected chi connectivity index (χ3v) is 4.61. The van der Waals surface area contributed by atoms with E-state index in [1.54, 1.807) is 11.2 Å². The van der Waals surface area contributed by atoms with Gasteiger partial charge in [-0.1, -0.05) is 0 Å². The average molecular weight is 301 g/mol. The van der Waals surface area contributed by atoms with E-state index in [4.69, 9.17) is 0 Å². The first-order chi connectivity index (χ1) is 9.95. The number of aromatic nitrogens is 2. The Morgan fingerprint density at radius 3 is 2.67 bits per heavy atom. The van der Waals surface area contributed by atoms with Crippen LogP contribution in [0.2, 0.25) is 0 Å². The number of piperidine rings is 1. The van der Waals surface area contributed by atoms with Crippen LogP contribution in [0.4, 0.5) is 13.2 Å². The molecule has 1 amide bonds. The van der Waals surface area contributed by atoms with Crippen LogP contribution in [0.15, 0.2) is 6.33 Å². The summed E-state index contributed by atoms with van der Waals surface area (Å²) in [5.74, 6) is -1.39. The molecule has 3 rings (SSSR count). The molecule has 1 aromatic heterocycles. The van der Waals surface area contributed by atoms with Gasteiger partial charge in [0.2, 0.25) is 5.91 Å². The van der Waals surface area contributed by atoms with E-state index in [0.717, 1.165) is 24.2 Å². The van der Waals surface area contributed by atoms with Gasteiger partial charge in [0, 0.05) is 31.1 Å². The zero-order chi connectivity index (χ0) is 15.0. The Labute approximate surface area is 120 Å². The van der Waals surface area contributed by atoms with Crippen molar-refractivity contribution in [3.05, 3.63) is 17.7 Å². The molecule has 0 saturated carbocycles. The van der Waals surface area contributed by atoms with E-state index >= 15 is 0 Å². The fourth-order valence-corrected chi connectivity index (χ4v) is 3.30. The summed E-state index contributed by atoms with van der Waals surface area (Å²) >= 11 is 0. The Kier molecular flexibility index (Phi) is 3.67. The van der Waals surface area contributed by atoms with E-state index in [1.165, 1.54) is 0 Å². The summed E-state index contributed by atoms with van der Waals surface area (Å²) in [7, 11) is 0. The summed E-state index contributed by atoms with van der Waals surface area (Å²) in [6.07, 6.45) is -0.344. The zero-order valence-electron chi connectivity index (χ0n) is 11.6. The Hall–Kier alpha value is -1.53. The Morgan fingerprint density at radius 2 is 2.00 bits per heavy atom. The lowest BCUT2D eigenvalue weighted by molar-refractivity contribution is -0.187. The van der Waals surface area contributed by atoms with Gasteiger partial charge >= 0.3 is 6.18 Å². The highest BCUT2D eigenvalue weighted by atomic mass is 19.4. The fourth-order valence-electron chi connectivity index (χ4n) is 3.30. The van der Waals surface area contributed by atoms with Gasteiger partial charge in [0.25, 0.3) is 0 Å². The van der Waals surface area contributed by atoms with Crippen LogP contribution in [-0.2, 0) is 17.6 Å². The monoisotopic (exact) mass is 301 g/mol. The van der Waals surface area contributed by atoms with Crippen LogP contribution >= 0.6 is 0 Å². The molecule has 2 heterocycles. The maximum absolute atomic E-state index is 12.6. The van der Waals surface area contributed by atoms with Crippen LogP contribution in [0.5, 0.6) is 0 Å². The molecule has 1 fully saturated rings. The molecular formula is C14H18F3N3O. The number of aromatic amines is 1. The number of nitrogens with one attached hydrogen (secondary N) is 1. The van der Waals surface area contributed by atoms with Gasteiger partial charge in [-0.05, 0) is 25.7 Å². The molecule has 7 heteroatoms. The molecule has 2 aliphatic rings. The SMILES string of the molecule is O=C([C@H]1CCc2nc[nH]c2C1)N1CCC(C(F)(F)F)CC1. The predicted molar refractivity (Wildman–Crippen MR) is 69.5 cm³/mol. The second-order valence-electron chi connectivity index (χ2n) is 5.91. The van der Waals surface area contributed by atoms with Crippen LogP contribution in [0.3, 0.4) is 0 Å². The molecule has 1 aliphatic heterocycles. The number of carbonyl (C=O) groups excluding carboxylic acids is 1. The number of rotatable bonds is 1. The molecule has 0 unspecified atom stereocenters. The number of amides is 1. The van der Waals surface area contributed by atoms with Crippen LogP contribution in [0.1, 0.15) is 30.7 Å². The van der Waals surface area contributed by atoms with Gasteiger partial charge in [0.05, 0.1) is 17.9 Å². The number of aryl methyl sites for hydroxylation is 1. The molecule has 21 heavy (non-hydrogen) atoms. The van der Waals surface area contributed by atoms with Crippen molar-refractivity contribution in [1.82, 2.24) is 14.9 Å². The molecule has 1 N–H and O–H groups in total. The first-order valence-corrected chi connectivity index (χ1v) is 7.32. The molecule has 1 saturated heterocycles. The third-order valence-electron chi connectivity index (χ3n) is 4.61. The van der Waals surface area contributed by atoms with E-state index < -0.39 is 12.1 Å². The molecular weight excluding hydrogens is 283 g/mol. The second-order valence-corrected chi connectivity index (χ2v) is 5.91. The minimum Gasteiger partial charge on any atom is -0.348 e. The lowest BCUT2D eigenvalue weighted by atomic mass is 9.87. The quantitative estimate of drug-likeness (QED) is 0.865. The highest BCUT2D eigenvalue weighted by molar-refractivity contribution is 5.79. The third kappa shape index (κ3) is 2.91. The molecule has 0 bridgehead atoms. The van der Waals surface area contributed by atoms with Crippen molar-refractivity contribution in [3.63, 3.8) is 0 Å². The minimum atomic E-state index is -4.13. The molecule has 0 spiro atoms. The first kappa shape index (κ1) is 14.4.